The second-order valence-electron chi connectivity index (χ2n) is 2.12. The Morgan fingerprint density at radius 3 is 1.91 bits per heavy atom. The van der Waals surface area contributed by atoms with E-state index >= 15 is 0 Å². The summed E-state index contributed by atoms with van der Waals surface area (Å²) in [5, 5.41) is 2.75. The summed E-state index contributed by atoms with van der Waals surface area (Å²) < 4.78 is 0. The Morgan fingerprint density at radius 1 is 1.18 bits per heavy atom. The van der Waals surface area contributed by atoms with E-state index in [1.54, 1.807) is 0 Å². The van der Waals surface area contributed by atoms with Gasteiger partial charge in [0.25, 0.3) is 0 Å². The molecule has 11 heavy (non-hydrogen) atoms. The average molecular weight is 172 g/mol. The van der Waals surface area contributed by atoms with Crippen molar-refractivity contribution in [3.63, 3.8) is 0 Å². The maximum absolute atomic E-state index is 5.53. The Kier molecular flexibility index (Phi) is 7.21. The van der Waals surface area contributed by atoms with E-state index in [0.29, 0.717) is 5.88 Å². The number of nitrogens with one attached hydrogen (secondary N) is 1. The van der Waals surface area contributed by atoms with Crippen LogP contribution in [-0.4, -0.2) is 14.1 Å². The monoisotopic (exact) mass is 171 g/mol. The van der Waals surface area contributed by atoms with Gasteiger partial charge in [0.2, 0.25) is 0 Å². The SMILES string of the molecule is CNC.ClCc1ccccc1. The van der Waals surface area contributed by atoms with Crippen LogP contribution < -0.4 is 5.32 Å². The molecule has 0 saturated heterocycles. The first-order valence-corrected chi connectivity index (χ1v) is 4.07. The molecule has 0 aliphatic heterocycles. The lowest BCUT2D eigenvalue weighted by Crippen LogP contribution is -1.89. The van der Waals surface area contributed by atoms with Crippen LogP contribution in [0, 0.1) is 0 Å². The predicted molar refractivity (Wildman–Crippen MR) is 51.0 cm³/mol. The van der Waals surface area contributed by atoms with Crippen molar-refractivity contribution in [3.8, 4) is 0 Å². The normalized spacial score (nSPS) is 8.27. The van der Waals surface area contributed by atoms with Gasteiger partial charge in [-0.1, -0.05) is 30.3 Å². The zero-order chi connectivity index (χ0) is 8.53. The minimum atomic E-state index is 0.612. The van der Waals surface area contributed by atoms with E-state index in [1.807, 2.05) is 44.4 Å². The highest BCUT2D eigenvalue weighted by Crippen LogP contribution is 2.00. The van der Waals surface area contributed by atoms with Gasteiger partial charge in [-0.3, -0.25) is 0 Å². The van der Waals surface area contributed by atoms with Crippen LogP contribution >= 0.6 is 11.6 Å². The van der Waals surface area contributed by atoms with E-state index < -0.39 is 0 Å². The average Bonchev–Trinajstić information content (AvgIpc) is 2.08. The van der Waals surface area contributed by atoms with Gasteiger partial charge in [0.1, 0.15) is 0 Å². The van der Waals surface area contributed by atoms with Crippen molar-refractivity contribution in [2.75, 3.05) is 14.1 Å². The fourth-order valence-corrected chi connectivity index (χ4v) is 0.745. The van der Waals surface area contributed by atoms with Crippen molar-refractivity contribution < 1.29 is 0 Å². The molecule has 0 aliphatic carbocycles. The van der Waals surface area contributed by atoms with Crippen molar-refractivity contribution in [3.05, 3.63) is 35.9 Å². The quantitative estimate of drug-likeness (QED) is 0.640. The number of hydrogen-bond acceptors (Lipinski definition) is 1. The van der Waals surface area contributed by atoms with Gasteiger partial charge in [0.15, 0.2) is 0 Å². The van der Waals surface area contributed by atoms with E-state index in [2.05, 4.69) is 5.32 Å². The summed E-state index contributed by atoms with van der Waals surface area (Å²) in [4.78, 5) is 0. The molecule has 62 valence electrons. The molecule has 0 amide bonds. The lowest BCUT2D eigenvalue weighted by molar-refractivity contribution is 1.02. The predicted octanol–water partition coefficient (Wildman–Crippen LogP) is 2.26. The molecule has 1 N–H and O–H groups in total. The Bertz CT molecular complexity index is 162. The van der Waals surface area contributed by atoms with Gasteiger partial charge in [-0.2, -0.15) is 0 Å². The molecule has 0 fully saturated rings. The zero-order valence-electron chi connectivity index (χ0n) is 6.97. The van der Waals surface area contributed by atoms with E-state index in [0.717, 1.165) is 0 Å². The molecule has 0 bridgehead atoms. The zero-order valence-corrected chi connectivity index (χ0v) is 7.73. The summed E-state index contributed by atoms with van der Waals surface area (Å²) in [6.45, 7) is 0. The lowest BCUT2D eigenvalue weighted by Gasteiger charge is -1.88. The van der Waals surface area contributed by atoms with Gasteiger partial charge in [0, 0.05) is 5.88 Å². The van der Waals surface area contributed by atoms with Gasteiger partial charge in [0.05, 0.1) is 0 Å². The van der Waals surface area contributed by atoms with E-state index in [4.69, 9.17) is 11.6 Å². The molecule has 0 heterocycles. The third-order valence-electron chi connectivity index (χ3n) is 0.997. The van der Waals surface area contributed by atoms with Gasteiger partial charge in [-0.15, -0.1) is 11.6 Å². The lowest BCUT2D eigenvalue weighted by atomic mass is 10.2. The third kappa shape index (κ3) is 5.89. The summed E-state index contributed by atoms with van der Waals surface area (Å²) in [6.07, 6.45) is 0. The topological polar surface area (TPSA) is 12.0 Å². The van der Waals surface area contributed by atoms with Gasteiger partial charge >= 0.3 is 0 Å². The number of hydrogen-bond donors (Lipinski definition) is 1. The number of halogens is 1. The molecule has 0 aromatic heterocycles. The number of benzene rings is 1. The minimum Gasteiger partial charge on any atom is -0.323 e. The maximum atomic E-state index is 5.53. The van der Waals surface area contributed by atoms with Crippen LogP contribution in [0.5, 0.6) is 0 Å². The van der Waals surface area contributed by atoms with Crippen LogP contribution in [0.15, 0.2) is 30.3 Å². The van der Waals surface area contributed by atoms with Crippen LogP contribution in [0.3, 0.4) is 0 Å². The van der Waals surface area contributed by atoms with Crippen molar-refractivity contribution in [2.45, 2.75) is 5.88 Å². The van der Waals surface area contributed by atoms with Gasteiger partial charge in [-0.05, 0) is 19.7 Å². The fourth-order valence-electron chi connectivity index (χ4n) is 0.567. The smallest absolute Gasteiger partial charge is 0.0474 e. The minimum absolute atomic E-state index is 0.612. The Balaban J connectivity index is 0.000000292. The highest BCUT2D eigenvalue weighted by molar-refractivity contribution is 6.17. The maximum Gasteiger partial charge on any atom is 0.0474 e. The van der Waals surface area contributed by atoms with Crippen molar-refractivity contribution in [1.82, 2.24) is 5.32 Å². The first-order valence-electron chi connectivity index (χ1n) is 3.53. The van der Waals surface area contributed by atoms with Gasteiger partial charge < -0.3 is 5.32 Å². The summed E-state index contributed by atoms with van der Waals surface area (Å²) in [5.41, 5.74) is 1.18. The first-order chi connectivity index (χ1) is 5.35. The molecule has 2 heteroatoms. The second kappa shape index (κ2) is 7.58. The van der Waals surface area contributed by atoms with E-state index in [1.165, 1.54) is 5.56 Å². The summed E-state index contributed by atoms with van der Waals surface area (Å²) in [7, 11) is 3.75. The molecular weight excluding hydrogens is 158 g/mol. The van der Waals surface area contributed by atoms with Crippen molar-refractivity contribution >= 4 is 11.6 Å². The molecule has 0 unspecified atom stereocenters. The van der Waals surface area contributed by atoms with Crippen LogP contribution in [0.2, 0.25) is 0 Å². The van der Waals surface area contributed by atoms with E-state index in [-0.39, 0.29) is 0 Å². The summed E-state index contributed by atoms with van der Waals surface area (Å²) in [6, 6.07) is 9.96. The highest BCUT2D eigenvalue weighted by Gasteiger charge is 1.81. The molecule has 1 rings (SSSR count). The Morgan fingerprint density at radius 2 is 1.64 bits per heavy atom. The molecule has 1 aromatic carbocycles. The molecule has 0 saturated carbocycles. The molecule has 0 atom stereocenters. The molecule has 0 aliphatic rings. The Labute approximate surface area is 73.4 Å². The fraction of sp³-hybridized carbons (Fsp3) is 0.333. The molecule has 0 spiro atoms. The van der Waals surface area contributed by atoms with E-state index in [9.17, 15) is 0 Å². The molecular formula is C9H14ClN. The summed E-state index contributed by atoms with van der Waals surface area (Å²) >= 11 is 5.53. The molecule has 1 aromatic rings. The first kappa shape index (κ1) is 10.5. The van der Waals surface area contributed by atoms with Crippen molar-refractivity contribution in [2.24, 2.45) is 0 Å². The van der Waals surface area contributed by atoms with Crippen LogP contribution in [0.25, 0.3) is 0 Å². The van der Waals surface area contributed by atoms with Crippen LogP contribution in [0.4, 0.5) is 0 Å². The third-order valence-corrected chi connectivity index (χ3v) is 1.31. The van der Waals surface area contributed by atoms with Crippen molar-refractivity contribution in [1.29, 1.82) is 0 Å². The Hall–Kier alpha value is -0.530. The standard InChI is InChI=1S/C7H7Cl.C2H7N/c8-6-7-4-2-1-3-5-7;1-3-2/h1-5H,6H2;3H,1-2H3. The highest BCUT2D eigenvalue weighted by atomic mass is 35.5. The van der Waals surface area contributed by atoms with Gasteiger partial charge in [-0.25, -0.2) is 0 Å². The van der Waals surface area contributed by atoms with Crippen LogP contribution in [-0.2, 0) is 5.88 Å². The largest absolute Gasteiger partial charge is 0.323 e. The molecule has 0 radical (unpaired) electrons. The summed E-state index contributed by atoms with van der Waals surface area (Å²) in [5.74, 6) is 0.612. The van der Waals surface area contributed by atoms with Crippen LogP contribution in [0.1, 0.15) is 5.56 Å². The molecule has 1 nitrogen and oxygen atoms in total. The second-order valence-corrected chi connectivity index (χ2v) is 2.39. The number of alkyl halides is 1. The number of rotatable bonds is 1.